The lowest BCUT2D eigenvalue weighted by Crippen LogP contribution is -2.40. The third-order valence-corrected chi connectivity index (χ3v) is 6.39. The highest BCUT2D eigenvalue weighted by atomic mass is 16.7. The maximum Gasteiger partial charge on any atom is 0.209 e. The van der Waals surface area contributed by atoms with E-state index in [1.54, 1.807) is 17.0 Å². The first-order chi connectivity index (χ1) is 15.1. The van der Waals surface area contributed by atoms with Crippen LogP contribution in [0.2, 0.25) is 0 Å². The van der Waals surface area contributed by atoms with E-state index in [1.807, 2.05) is 24.3 Å². The van der Waals surface area contributed by atoms with Crippen LogP contribution < -0.4 is 5.48 Å². The topological polar surface area (TPSA) is 98.0 Å². The third-order valence-electron chi connectivity index (χ3n) is 6.39. The number of carbonyl (C=O) groups is 1. The number of amides is 1. The number of amidine groups is 1. The fourth-order valence-electron chi connectivity index (χ4n) is 4.71. The van der Waals surface area contributed by atoms with Crippen LogP contribution in [0.4, 0.5) is 0 Å². The zero-order valence-electron chi connectivity index (χ0n) is 17.5. The zero-order valence-corrected chi connectivity index (χ0v) is 17.5. The molecule has 0 bridgehead atoms. The molecule has 2 aromatic rings. The quantitative estimate of drug-likeness (QED) is 0.642. The summed E-state index contributed by atoms with van der Waals surface area (Å²) in [5, 5.41) is 18.4. The van der Waals surface area contributed by atoms with Crippen LogP contribution in [0.3, 0.4) is 0 Å². The normalized spacial score (nSPS) is 21.7. The van der Waals surface area contributed by atoms with Gasteiger partial charge >= 0.3 is 0 Å². The summed E-state index contributed by atoms with van der Waals surface area (Å²) < 4.78 is 0. The average molecular weight is 418 g/mol. The first kappa shape index (κ1) is 21.0. The molecule has 1 aliphatic heterocycles. The van der Waals surface area contributed by atoms with Gasteiger partial charge in [-0.2, -0.15) is 5.26 Å². The molecule has 2 aliphatic rings. The van der Waals surface area contributed by atoms with Gasteiger partial charge in [0.15, 0.2) is 5.84 Å². The van der Waals surface area contributed by atoms with Crippen molar-refractivity contribution in [3.05, 3.63) is 70.3 Å². The molecular formula is C24H26N4O3. The number of nitrogens with one attached hydrogen (secondary N) is 1. The van der Waals surface area contributed by atoms with E-state index in [0.29, 0.717) is 24.5 Å². The molecule has 31 heavy (non-hydrogen) atoms. The first-order valence-electron chi connectivity index (χ1n) is 10.6. The minimum Gasteiger partial charge on any atom is -0.395 e. The van der Waals surface area contributed by atoms with Crippen LogP contribution in [0.5, 0.6) is 0 Å². The maximum absolute atomic E-state index is 11.5. The summed E-state index contributed by atoms with van der Waals surface area (Å²) in [6.07, 6.45) is 3.05. The lowest BCUT2D eigenvalue weighted by molar-refractivity contribution is -0.119. The fraction of sp³-hybridized carbons (Fsp3) is 0.375. The highest BCUT2D eigenvalue weighted by Crippen LogP contribution is 2.43. The Labute approximate surface area is 181 Å². The molecular weight excluding hydrogens is 392 g/mol. The standard InChI is InChI=1S/C24H26N4O3/c1-2-24(15-28(16-30)11-12-29)10-9-19-20(7-4-8-21(19)24)22-26-23(31-27-22)18-6-3-5-17(13-18)14-25/h3-8,13,16,23,29H,2,9-12,15H2,1H3,(H,26,27). The van der Waals surface area contributed by atoms with E-state index < -0.39 is 6.23 Å². The Morgan fingerprint density at radius 3 is 2.97 bits per heavy atom. The molecule has 160 valence electrons. The van der Waals surface area contributed by atoms with E-state index in [0.717, 1.165) is 36.8 Å². The van der Waals surface area contributed by atoms with Gasteiger partial charge in [0.1, 0.15) is 0 Å². The van der Waals surface area contributed by atoms with Crippen LogP contribution >= 0.6 is 0 Å². The average Bonchev–Trinajstić information content (AvgIpc) is 3.45. The second-order valence-corrected chi connectivity index (χ2v) is 8.05. The predicted molar refractivity (Wildman–Crippen MR) is 116 cm³/mol. The van der Waals surface area contributed by atoms with Gasteiger partial charge in [-0.05, 0) is 42.5 Å². The van der Waals surface area contributed by atoms with E-state index in [2.05, 4.69) is 24.5 Å². The van der Waals surface area contributed by atoms with E-state index in [9.17, 15) is 9.90 Å². The van der Waals surface area contributed by atoms with Gasteiger partial charge in [0.25, 0.3) is 0 Å². The van der Waals surface area contributed by atoms with E-state index in [4.69, 9.17) is 15.1 Å². The van der Waals surface area contributed by atoms with E-state index in [-0.39, 0.29) is 12.0 Å². The second kappa shape index (κ2) is 8.88. The van der Waals surface area contributed by atoms with Crippen molar-refractivity contribution >= 4 is 12.2 Å². The number of fused-ring (bicyclic) bond motifs is 1. The summed E-state index contributed by atoms with van der Waals surface area (Å²) in [4.78, 5) is 23.6. The van der Waals surface area contributed by atoms with Crippen molar-refractivity contribution in [3.8, 4) is 6.07 Å². The summed E-state index contributed by atoms with van der Waals surface area (Å²) in [7, 11) is 0. The van der Waals surface area contributed by atoms with Crippen molar-refractivity contribution in [2.45, 2.75) is 37.8 Å². The Morgan fingerprint density at radius 1 is 1.39 bits per heavy atom. The molecule has 0 spiro atoms. The Hall–Kier alpha value is -3.21. The summed E-state index contributed by atoms with van der Waals surface area (Å²) in [5.74, 6) is 0.679. The Morgan fingerprint density at radius 2 is 2.23 bits per heavy atom. The summed E-state index contributed by atoms with van der Waals surface area (Å²) in [5.41, 5.74) is 7.69. The number of nitriles is 1. The number of aliphatic hydroxyl groups is 1. The van der Waals surface area contributed by atoms with Gasteiger partial charge in [0.2, 0.25) is 12.6 Å². The van der Waals surface area contributed by atoms with Crippen molar-refractivity contribution in [1.29, 1.82) is 5.26 Å². The zero-order chi connectivity index (χ0) is 21.8. The van der Waals surface area contributed by atoms with Crippen LogP contribution in [0.15, 0.2) is 47.5 Å². The fourth-order valence-corrected chi connectivity index (χ4v) is 4.71. The lowest BCUT2D eigenvalue weighted by atomic mass is 9.78. The van der Waals surface area contributed by atoms with Crippen molar-refractivity contribution in [1.82, 2.24) is 10.4 Å². The molecule has 7 nitrogen and oxygen atoms in total. The van der Waals surface area contributed by atoms with Crippen molar-refractivity contribution in [2.24, 2.45) is 4.99 Å². The second-order valence-electron chi connectivity index (χ2n) is 8.05. The smallest absolute Gasteiger partial charge is 0.209 e. The van der Waals surface area contributed by atoms with Crippen LogP contribution in [0, 0.1) is 11.3 Å². The van der Waals surface area contributed by atoms with Crippen molar-refractivity contribution in [2.75, 3.05) is 19.7 Å². The molecule has 0 fully saturated rings. The number of benzene rings is 2. The van der Waals surface area contributed by atoms with E-state index in [1.165, 1.54) is 11.1 Å². The summed E-state index contributed by atoms with van der Waals surface area (Å²) in [6.45, 7) is 3.03. The van der Waals surface area contributed by atoms with Crippen LogP contribution in [0.1, 0.15) is 53.8 Å². The Bertz CT molecular complexity index is 1050. The van der Waals surface area contributed by atoms with Crippen molar-refractivity contribution < 1.29 is 14.7 Å². The molecule has 2 N–H and O–H groups in total. The minimum atomic E-state index is -0.508. The molecule has 1 amide bonds. The number of aliphatic hydroxyl groups excluding tert-OH is 1. The van der Waals surface area contributed by atoms with Gasteiger partial charge in [0.05, 0.1) is 18.2 Å². The molecule has 2 unspecified atom stereocenters. The highest BCUT2D eigenvalue weighted by molar-refractivity contribution is 6.00. The third kappa shape index (κ3) is 3.92. The minimum absolute atomic E-state index is 0.0438. The number of hydroxylamine groups is 1. The summed E-state index contributed by atoms with van der Waals surface area (Å²) >= 11 is 0. The molecule has 2 atom stereocenters. The Balaban J connectivity index is 1.65. The molecule has 2 aromatic carbocycles. The number of hydrogen-bond donors (Lipinski definition) is 2. The van der Waals surface area contributed by atoms with Gasteiger partial charge < -0.3 is 10.0 Å². The first-order valence-corrected chi connectivity index (χ1v) is 10.6. The maximum atomic E-state index is 11.5. The van der Waals surface area contributed by atoms with Gasteiger partial charge in [-0.1, -0.05) is 37.3 Å². The molecule has 1 heterocycles. The van der Waals surface area contributed by atoms with Gasteiger partial charge in [-0.15, -0.1) is 0 Å². The SMILES string of the molecule is CCC1(CN(C=O)CCO)CCc2c(C3=NC(c4cccc(C#N)c4)ON3)cccc21. The highest BCUT2D eigenvalue weighted by Gasteiger charge is 2.40. The molecule has 7 heteroatoms. The Kier molecular flexibility index (Phi) is 6.03. The van der Waals surface area contributed by atoms with Gasteiger partial charge in [0, 0.05) is 29.6 Å². The molecule has 0 radical (unpaired) electrons. The van der Waals surface area contributed by atoms with Crippen molar-refractivity contribution in [3.63, 3.8) is 0 Å². The van der Waals surface area contributed by atoms with Gasteiger partial charge in [-0.25, -0.2) is 15.3 Å². The molecule has 0 aromatic heterocycles. The predicted octanol–water partition coefficient (Wildman–Crippen LogP) is 2.58. The van der Waals surface area contributed by atoms with Crippen LogP contribution in [-0.2, 0) is 21.5 Å². The monoisotopic (exact) mass is 418 g/mol. The number of carbonyl (C=O) groups excluding carboxylic acids is 1. The number of nitrogens with zero attached hydrogens (tertiary/aromatic N) is 3. The van der Waals surface area contributed by atoms with Crippen LogP contribution in [0.25, 0.3) is 0 Å². The largest absolute Gasteiger partial charge is 0.395 e. The molecule has 0 saturated carbocycles. The molecule has 1 aliphatic carbocycles. The number of aliphatic imine (C=N–C) groups is 1. The van der Waals surface area contributed by atoms with Gasteiger partial charge in [-0.3, -0.25) is 4.79 Å². The summed E-state index contributed by atoms with van der Waals surface area (Å²) in [6, 6.07) is 15.6. The molecule has 0 saturated heterocycles. The lowest BCUT2D eigenvalue weighted by Gasteiger charge is -2.34. The van der Waals surface area contributed by atoms with E-state index >= 15 is 0 Å². The number of hydrogen-bond acceptors (Lipinski definition) is 6. The van der Waals surface area contributed by atoms with Crippen LogP contribution in [-0.4, -0.2) is 41.9 Å². The molecule has 4 rings (SSSR count). The number of rotatable bonds is 8.